The number of anilines is 3. The Morgan fingerprint density at radius 1 is 1.00 bits per heavy atom. The van der Waals surface area contributed by atoms with Crippen molar-refractivity contribution in [3.63, 3.8) is 0 Å². The number of halogens is 1. The number of benzene rings is 1. The van der Waals surface area contributed by atoms with Crippen LogP contribution in [0, 0.1) is 5.82 Å². The summed E-state index contributed by atoms with van der Waals surface area (Å²) in [5.41, 5.74) is 3.44. The van der Waals surface area contributed by atoms with Crippen LogP contribution in [-0.4, -0.2) is 82.6 Å². The molecule has 1 amide bonds. The number of rotatable bonds is 5. The number of hydrogen-bond donors (Lipinski definition) is 1. The molecule has 180 valence electrons. The maximum atomic E-state index is 13.6. The van der Waals surface area contributed by atoms with Crippen LogP contribution in [-0.2, 0) is 0 Å². The molecule has 1 aliphatic rings. The normalized spacial score (nSPS) is 14.3. The number of nitrogens with one attached hydrogen (secondary N) is 1. The number of amides is 1. The second kappa shape index (κ2) is 9.30. The Morgan fingerprint density at radius 2 is 1.74 bits per heavy atom. The van der Waals surface area contributed by atoms with Crippen LogP contribution in [0.5, 0.6) is 0 Å². The molecule has 0 spiro atoms. The van der Waals surface area contributed by atoms with Gasteiger partial charge in [-0.25, -0.2) is 18.9 Å². The highest BCUT2D eigenvalue weighted by Gasteiger charge is 2.21. The number of carbonyl (C=O) groups excluding carboxylic acids is 1. The van der Waals surface area contributed by atoms with Crippen molar-refractivity contribution in [3.8, 4) is 11.3 Å². The Balaban J connectivity index is 1.46. The van der Waals surface area contributed by atoms with Gasteiger partial charge in [0.15, 0.2) is 0 Å². The first-order valence-corrected chi connectivity index (χ1v) is 11.4. The van der Waals surface area contributed by atoms with Crippen molar-refractivity contribution in [1.82, 2.24) is 29.4 Å². The number of piperazine rings is 1. The molecule has 1 N–H and O–H groups in total. The average Bonchev–Trinajstić information content (AvgIpc) is 3.24. The molecule has 9 nitrogen and oxygen atoms in total. The maximum absolute atomic E-state index is 13.6. The molecular formula is C25H27FN8O. The molecule has 0 saturated carbocycles. The van der Waals surface area contributed by atoms with E-state index in [-0.39, 0.29) is 11.7 Å². The van der Waals surface area contributed by atoms with Gasteiger partial charge in [-0.05, 0) is 49.5 Å². The third-order valence-electron chi connectivity index (χ3n) is 6.13. The summed E-state index contributed by atoms with van der Waals surface area (Å²) in [4.78, 5) is 28.0. The Labute approximate surface area is 202 Å². The molecule has 3 aromatic heterocycles. The molecule has 0 unspecified atom stereocenters. The molecule has 1 fully saturated rings. The van der Waals surface area contributed by atoms with Crippen LogP contribution in [0.1, 0.15) is 10.4 Å². The lowest BCUT2D eigenvalue weighted by molar-refractivity contribution is 0.0828. The Kier molecular flexibility index (Phi) is 6.04. The molecule has 0 atom stereocenters. The van der Waals surface area contributed by atoms with Crippen LogP contribution in [0.4, 0.5) is 21.8 Å². The number of carbonyl (C=O) groups is 1. The highest BCUT2D eigenvalue weighted by Crippen LogP contribution is 2.29. The van der Waals surface area contributed by atoms with Crippen LogP contribution in [0.25, 0.3) is 16.8 Å². The third kappa shape index (κ3) is 4.65. The molecule has 0 bridgehead atoms. The topological polar surface area (TPSA) is 81.9 Å². The SMILES string of the molecule is CN1CCN(c2ccc(Nc3ncc4cc(C(=O)N(C)C)c(-c5ccc(F)cc5)n4n3)nc2)CC1. The minimum Gasteiger partial charge on any atom is -0.368 e. The molecule has 1 aliphatic heterocycles. The lowest BCUT2D eigenvalue weighted by atomic mass is 10.1. The van der Waals surface area contributed by atoms with Gasteiger partial charge < -0.3 is 20.0 Å². The van der Waals surface area contributed by atoms with E-state index in [9.17, 15) is 9.18 Å². The van der Waals surface area contributed by atoms with Crippen LogP contribution < -0.4 is 10.2 Å². The summed E-state index contributed by atoms with van der Waals surface area (Å²) in [6.07, 6.45) is 3.49. The van der Waals surface area contributed by atoms with Gasteiger partial charge >= 0.3 is 0 Å². The van der Waals surface area contributed by atoms with E-state index in [1.54, 1.807) is 43.0 Å². The van der Waals surface area contributed by atoms with Crippen molar-refractivity contribution in [2.24, 2.45) is 0 Å². The molecule has 0 aliphatic carbocycles. The van der Waals surface area contributed by atoms with E-state index in [0.717, 1.165) is 31.9 Å². The van der Waals surface area contributed by atoms with Gasteiger partial charge in [-0.1, -0.05) is 0 Å². The largest absolute Gasteiger partial charge is 0.368 e. The maximum Gasteiger partial charge on any atom is 0.255 e. The molecule has 4 heterocycles. The second-order valence-electron chi connectivity index (χ2n) is 8.85. The second-order valence-corrected chi connectivity index (χ2v) is 8.85. The molecule has 5 rings (SSSR count). The van der Waals surface area contributed by atoms with E-state index in [0.29, 0.717) is 34.1 Å². The van der Waals surface area contributed by atoms with E-state index in [1.807, 2.05) is 18.3 Å². The van der Waals surface area contributed by atoms with Gasteiger partial charge in [-0.15, -0.1) is 5.10 Å². The van der Waals surface area contributed by atoms with Gasteiger partial charge in [-0.3, -0.25) is 4.79 Å². The molecule has 1 aromatic carbocycles. The zero-order valence-corrected chi connectivity index (χ0v) is 19.9. The van der Waals surface area contributed by atoms with E-state index in [1.165, 1.54) is 17.0 Å². The summed E-state index contributed by atoms with van der Waals surface area (Å²) in [7, 11) is 5.51. The van der Waals surface area contributed by atoms with Gasteiger partial charge in [-0.2, -0.15) is 0 Å². The summed E-state index contributed by atoms with van der Waals surface area (Å²) in [5.74, 6) is 0.422. The molecule has 10 heteroatoms. The van der Waals surface area contributed by atoms with Crippen molar-refractivity contribution >= 4 is 28.9 Å². The third-order valence-corrected chi connectivity index (χ3v) is 6.13. The lowest BCUT2D eigenvalue weighted by Crippen LogP contribution is -2.44. The van der Waals surface area contributed by atoms with Crippen LogP contribution >= 0.6 is 0 Å². The van der Waals surface area contributed by atoms with E-state index in [4.69, 9.17) is 0 Å². The minimum atomic E-state index is -0.349. The molecule has 0 radical (unpaired) electrons. The Bertz CT molecular complexity index is 1340. The van der Waals surface area contributed by atoms with E-state index in [2.05, 4.69) is 37.2 Å². The Morgan fingerprint density at radius 3 is 2.40 bits per heavy atom. The first-order chi connectivity index (χ1) is 16.9. The number of aromatic nitrogens is 4. The molecule has 4 aromatic rings. The van der Waals surface area contributed by atoms with Crippen molar-refractivity contribution in [2.45, 2.75) is 0 Å². The van der Waals surface area contributed by atoms with Crippen LogP contribution in [0.3, 0.4) is 0 Å². The number of fused-ring (bicyclic) bond motifs is 1. The summed E-state index contributed by atoms with van der Waals surface area (Å²) < 4.78 is 15.2. The van der Waals surface area contributed by atoms with Gasteiger partial charge in [0, 0.05) is 45.8 Å². The predicted molar refractivity (Wildman–Crippen MR) is 134 cm³/mol. The Hall–Kier alpha value is -4.05. The number of pyridine rings is 1. The average molecular weight is 475 g/mol. The van der Waals surface area contributed by atoms with Gasteiger partial charge in [0.05, 0.1) is 34.9 Å². The smallest absolute Gasteiger partial charge is 0.255 e. The number of likely N-dealkylation sites (N-methyl/N-ethyl adjacent to an activating group) is 1. The van der Waals surface area contributed by atoms with E-state index < -0.39 is 0 Å². The first kappa shape index (κ1) is 22.7. The van der Waals surface area contributed by atoms with Crippen molar-refractivity contribution in [3.05, 3.63) is 66.2 Å². The predicted octanol–water partition coefficient (Wildman–Crippen LogP) is 3.13. The monoisotopic (exact) mass is 474 g/mol. The minimum absolute atomic E-state index is 0.175. The van der Waals surface area contributed by atoms with Crippen molar-refractivity contribution in [2.75, 3.05) is 57.5 Å². The van der Waals surface area contributed by atoms with Crippen molar-refractivity contribution in [1.29, 1.82) is 0 Å². The number of nitrogens with zero attached hydrogens (tertiary/aromatic N) is 7. The molecular weight excluding hydrogens is 447 g/mol. The molecule has 1 saturated heterocycles. The van der Waals surface area contributed by atoms with E-state index >= 15 is 0 Å². The highest BCUT2D eigenvalue weighted by molar-refractivity contribution is 6.02. The van der Waals surface area contributed by atoms with Gasteiger partial charge in [0.2, 0.25) is 5.95 Å². The summed E-state index contributed by atoms with van der Waals surface area (Å²) in [6, 6.07) is 11.7. The zero-order valence-electron chi connectivity index (χ0n) is 19.9. The summed E-state index contributed by atoms with van der Waals surface area (Å²) >= 11 is 0. The quantitative estimate of drug-likeness (QED) is 0.476. The van der Waals surface area contributed by atoms with Gasteiger partial charge in [0.25, 0.3) is 5.91 Å². The lowest BCUT2D eigenvalue weighted by Gasteiger charge is -2.33. The van der Waals surface area contributed by atoms with Crippen molar-refractivity contribution < 1.29 is 9.18 Å². The molecule has 35 heavy (non-hydrogen) atoms. The standard InChI is InChI=1S/C25H27FN8O/c1-31(2)24(35)21-14-20-16-28-25(30-34(20)23(21)17-4-6-18(26)7-5-17)29-22-9-8-19(15-27-22)33-12-10-32(3)11-13-33/h4-9,14-16H,10-13H2,1-3H3,(H,27,29,30). The summed E-state index contributed by atoms with van der Waals surface area (Å²) in [6.45, 7) is 4.00. The van der Waals surface area contributed by atoms with Crippen LogP contribution in [0.15, 0.2) is 54.9 Å². The van der Waals surface area contributed by atoms with Gasteiger partial charge in [0.1, 0.15) is 11.6 Å². The zero-order chi connectivity index (χ0) is 24.5. The fraction of sp³-hybridized carbons (Fsp3) is 0.280. The fourth-order valence-electron chi connectivity index (χ4n) is 4.14. The first-order valence-electron chi connectivity index (χ1n) is 11.4. The van der Waals surface area contributed by atoms with Crippen LogP contribution in [0.2, 0.25) is 0 Å². The summed E-state index contributed by atoms with van der Waals surface area (Å²) in [5, 5.41) is 7.77. The fourth-order valence-corrected chi connectivity index (χ4v) is 4.14. The number of hydrogen-bond acceptors (Lipinski definition) is 7. The highest BCUT2D eigenvalue weighted by atomic mass is 19.1.